The molecule has 0 saturated carbocycles. The number of rotatable bonds is 6. The van der Waals surface area contributed by atoms with Crippen molar-refractivity contribution in [2.45, 2.75) is 18.3 Å². The van der Waals surface area contributed by atoms with E-state index < -0.39 is 35.4 Å². The summed E-state index contributed by atoms with van der Waals surface area (Å²) >= 11 is 12.0. The van der Waals surface area contributed by atoms with Crippen LogP contribution in [0.25, 0.3) is 16.7 Å². The van der Waals surface area contributed by atoms with Crippen LogP contribution in [0.1, 0.15) is 22.6 Å². The predicted molar refractivity (Wildman–Crippen MR) is 132 cm³/mol. The number of para-hydroxylation sites is 1. The number of aromatic nitrogens is 3. The number of pyridine rings is 2. The van der Waals surface area contributed by atoms with Crippen LogP contribution in [0.4, 0.5) is 32.2 Å². The van der Waals surface area contributed by atoms with Gasteiger partial charge in [0.1, 0.15) is 5.92 Å². The minimum Gasteiger partial charge on any atom is -0.468 e. The number of hydrogen-bond acceptors (Lipinski definition) is 6. The number of carbonyl (C=O) groups excluding carboxylic acids is 1. The number of alkyl halides is 6. The van der Waals surface area contributed by atoms with Gasteiger partial charge >= 0.3 is 18.3 Å². The van der Waals surface area contributed by atoms with E-state index in [1.807, 2.05) is 0 Å². The second-order valence-electron chi connectivity index (χ2n) is 7.94. The minimum absolute atomic E-state index is 0.0217. The summed E-state index contributed by atoms with van der Waals surface area (Å²) in [7, 11) is 1.14. The van der Waals surface area contributed by atoms with Gasteiger partial charge in [-0.3, -0.25) is 14.8 Å². The molecule has 1 aromatic carbocycles. The molecule has 0 unspecified atom stereocenters. The fourth-order valence-electron chi connectivity index (χ4n) is 3.64. The third kappa shape index (κ3) is 5.93. The van der Waals surface area contributed by atoms with Crippen molar-refractivity contribution in [3.05, 3.63) is 81.7 Å². The maximum absolute atomic E-state index is 13.1. The molecule has 0 bridgehead atoms. The Bertz CT molecular complexity index is 1570. The van der Waals surface area contributed by atoms with Gasteiger partial charge < -0.3 is 4.74 Å². The molecule has 7 nitrogen and oxygen atoms in total. The van der Waals surface area contributed by atoms with Crippen LogP contribution in [0.3, 0.4) is 0 Å². The van der Waals surface area contributed by atoms with Gasteiger partial charge in [0, 0.05) is 30.2 Å². The highest BCUT2D eigenvalue weighted by Crippen LogP contribution is 2.36. The molecule has 0 fully saturated rings. The van der Waals surface area contributed by atoms with E-state index in [1.165, 1.54) is 10.8 Å². The van der Waals surface area contributed by atoms with Crippen LogP contribution in [0.2, 0.25) is 10.0 Å². The topological polar surface area (TPSA) is 81.4 Å². The zero-order chi connectivity index (χ0) is 28.5. The van der Waals surface area contributed by atoms with Gasteiger partial charge in [-0.15, -0.1) is 0 Å². The number of halogens is 8. The zero-order valence-corrected chi connectivity index (χ0v) is 21.0. The van der Waals surface area contributed by atoms with Crippen molar-refractivity contribution >= 4 is 52.1 Å². The van der Waals surface area contributed by atoms with Crippen molar-refractivity contribution < 1.29 is 35.9 Å². The fraction of sp³-hybridized carbons (Fsp3) is 0.167. The molecule has 1 atom stereocenters. The Labute approximate surface area is 226 Å². The highest BCUT2D eigenvalue weighted by Gasteiger charge is 2.33. The van der Waals surface area contributed by atoms with Crippen LogP contribution in [0, 0.1) is 0 Å². The number of hydrogen-bond donors (Lipinski definition) is 1. The van der Waals surface area contributed by atoms with E-state index in [4.69, 9.17) is 27.9 Å². The monoisotopic (exact) mass is 589 g/mol. The highest BCUT2D eigenvalue weighted by molar-refractivity contribution is 6.33. The second-order valence-corrected chi connectivity index (χ2v) is 8.76. The molecule has 4 rings (SSSR count). The van der Waals surface area contributed by atoms with E-state index in [1.54, 1.807) is 24.3 Å². The van der Waals surface area contributed by atoms with Crippen LogP contribution >= 0.6 is 23.2 Å². The summed E-state index contributed by atoms with van der Waals surface area (Å²) in [6, 6.07) is 8.05. The van der Waals surface area contributed by atoms with Gasteiger partial charge in [0.15, 0.2) is 11.6 Å². The Morgan fingerprint density at radius 3 is 2.23 bits per heavy atom. The SMILES string of the molecule is COC(=O)[C@@H](/C=N\Nc1ncc(C(F)(F)F)cc1Cl)c1cn(-c2ncc(C(F)(F)F)cc2Cl)c2ccccc12. The average molecular weight is 590 g/mol. The molecule has 3 aromatic heterocycles. The summed E-state index contributed by atoms with van der Waals surface area (Å²) in [4.78, 5) is 20.2. The number of methoxy groups -OCH3 is 1. The maximum atomic E-state index is 13.1. The van der Waals surface area contributed by atoms with Crippen LogP contribution in [-0.4, -0.2) is 33.8 Å². The standard InChI is InChI=1S/C24H15Cl2F6N5O2/c1-39-22(38)15(10-35-36-20-17(25)6-12(8-33-20)23(27,28)29)16-11-37(19-5-3-2-4-14(16)19)21-18(26)7-13(9-34-21)24(30,31)32/h2-11,15H,1H3,(H,33,36)/b35-10-/t15-/m0/s1. The number of hydrazone groups is 1. The molecule has 3 heterocycles. The Hall–Kier alpha value is -3.84. The molecular weight excluding hydrogens is 575 g/mol. The van der Waals surface area contributed by atoms with Crippen LogP contribution < -0.4 is 5.43 Å². The first-order valence-corrected chi connectivity index (χ1v) is 11.5. The van der Waals surface area contributed by atoms with E-state index in [-0.39, 0.29) is 21.7 Å². The largest absolute Gasteiger partial charge is 0.468 e. The number of ether oxygens (including phenoxy) is 1. The number of carbonyl (C=O) groups is 1. The van der Waals surface area contributed by atoms with Gasteiger partial charge in [0.05, 0.1) is 33.8 Å². The van der Waals surface area contributed by atoms with Crippen molar-refractivity contribution in [3.8, 4) is 5.82 Å². The molecule has 0 spiro atoms. The fourth-order valence-corrected chi connectivity index (χ4v) is 4.10. The second kappa shape index (κ2) is 10.7. The van der Waals surface area contributed by atoms with Crippen molar-refractivity contribution in [3.63, 3.8) is 0 Å². The highest BCUT2D eigenvalue weighted by atomic mass is 35.5. The van der Waals surface area contributed by atoms with Gasteiger partial charge in [-0.05, 0) is 23.8 Å². The lowest BCUT2D eigenvalue weighted by atomic mass is 10.00. The van der Waals surface area contributed by atoms with Gasteiger partial charge in [-0.1, -0.05) is 41.4 Å². The maximum Gasteiger partial charge on any atom is 0.417 e. The molecule has 0 aliphatic carbocycles. The van der Waals surface area contributed by atoms with Crippen molar-refractivity contribution in [1.29, 1.82) is 0 Å². The normalized spacial score (nSPS) is 13.2. The van der Waals surface area contributed by atoms with Gasteiger partial charge in [-0.25, -0.2) is 9.97 Å². The number of esters is 1. The summed E-state index contributed by atoms with van der Waals surface area (Å²) in [5, 5.41) is 3.76. The van der Waals surface area contributed by atoms with E-state index in [2.05, 4.69) is 20.5 Å². The molecule has 0 amide bonds. The number of anilines is 1. The summed E-state index contributed by atoms with van der Waals surface area (Å²) < 4.78 is 84.1. The lowest BCUT2D eigenvalue weighted by Crippen LogP contribution is -2.16. The lowest BCUT2D eigenvalue weighted by molar-refractivity contribution is -0.140. The first-order valence-electron chi connectivity index (χ1n) is 10.7. The van der Waals surface area contributed by atoms with Gasteiger partial charge in [0.2, 0.25) is 0 Å². The number of nitrogens with zero attached hydrogens (tertiary/aromatic N) is 4. The zero-order valence-electron chi connectivity index (χ0n) is 19.5. The molecule has 0 aliphatic rings. The first-order chi connectivity index (χ1) is 18.3. The van der Waals surface area contributed by atoms with Gasteiger partial charge in [-0.2, -0.15) is 31.4 Å². The minimum atomic E-state index is -4.65. The van der Waals surface area contributed by atoms with E-state index in [0.29, 0.717) is 34.9 Å². The average Bonchev–Trinajstić information content (AvgIpc) is 3.25. The molecule has 15 heteroatoms. The molecular formula is C24H15Cl2F6N5O2. The molecule has 39 heavy (non-hydrogen) atoms. The predicted octanol–water partition coefficient (Wildman–Crippen LogP) is 7.12. The Kier molecular flexibility index (Phi) is 7.75. The van der Waals surface area contributed by atoms with E-state index in [9.17, 15) is 31.1 Å². The van der Waals surface area contributed by atoms with Crippen molar-refractivity contribution in [2.75, 3.05) is 12.5 Å². The Morgan fingerprint density at radius 1 is 1.03 bits per heavy atom. The van der Waals surface area contributed by atoms with Crippen LogP contribution in [0.5, 0.6) is 0 Å². The van der Waals surface area contributed by atoms with Crippen molar-refractivity contribution in [2.24, 2.45) is 5.10 Å². The Balaban J connectivity index is 1.73. The molecule has 0 radical (unpaired) electrons. The summed E-state index contributed by atoms with van der Waals surface area (Å²) in [5.74, 6) is -2.16. The molecule has 0 aliphatic heterocycles. The van der Waals surface area contributed by atoms with Crippen LogP contribution in [-0.2, 0) is 21.9 Å². The number of fused-ring (bicyclic) bond motifs is 1. The molecule has 204 valence electrons. The summed E-state index contributed by atoms with van der Waals surface area (Å²) in [6.45, 7) is 0. The Morgan fingerprint density at radius 2 is 1.64 bits per heavy atom. The van der Waals surface area contributed by atoms with E-state index in [0.717, 1.165) is 19.4 Å². The van der Waals surface area contributed by atoms with Crippen LogP contribution in [0.15, 0.2) is 60.1 Å². The van der Waals surface area contributed by atoms with Crippen molar-refractivity contribution in [1.82, 2.24) is 14.5 Å². The molecule has 0 saturated heterocycles. The number of nitrogens with one attached hydrogen (secondary N) is 1. The molecule has 4 aromatic rings. The third-order valence-corrected chi connectivity index (χ3v) is 6.04. The summed E-state index contributed by atoms with van der Waals surface area (Å²) in [5.41, 5.74) is 1.09. The lowest BCUT2D eigenvalue weighted by Gasteiger charge is -2.11. The third-order valence-electron chi connectivity index (χ3n) is 5.47. The first kappa shape index (κ1) is 28.2. The summed E-state index contributed by atoms with van der Waals surface area (Å²) in [6.07, 6.45) is -5.52. The smallest absolute Gasteiger partial charge is 0.417 e. The number of benzene rings is 1. The van der Waals surface area contributed by atoms with E-state index >= 15 is 0 Å². The molecule has 1 N–H and O–H groups in total. The van der Waals surface area contributed by atoms with Gasteiger partial charge in [0.25, 0.3) is 0 Å². The quantitative estimate of drug-likeness (QED) is 0.112.